The maximum Gasteiger partial charge on any atom is 0.153 e. The predicted molar refractivity (Wildman–Crippen MR) is 55.4 cm³/mol. The molecule has 0 bridgehead atoms. The zero-order valence-electron chi connectivity index (χ0n) is 8.68. The van der Waals surface area contributed by atoms with E-state index in [1.807, 2.05) is 6.20 Å². The zero-order valence-corrected chi connectivity index (χ0v) is 8.68. The Morgan fingerprint density at radius 2 is 2.07 bits per heavy atom. The predicted octanol–water partition coefficient (Wildman–Crippen LogP) is 2.53. The van der Waals surface area contributed by atoms with E-state index in [9.17, 15) is 4.39 Å². The minimum atomic E-state index is -0.338. The lowest BCUT2D eigenvalue weighted by Gasteiger charge is -2.00. The van der Waals surface area contributed by atoms with E-state index < -0.39 is 0 Å². The zero-order chi connectivity index (χ0) is 10.8. The maximum atomic E-state index is 12.6. The maximum absolute atomic E-state index is 12.6. The standard InChI is InChI=1S/C11H12FN3/c1-8(2)9-5-14-15(7-9)11-4-3-10(12)6-13-11/h3-8H,1-2H3. The first-order chi connectivity index (χ1) is 7.16. The Kier molecular flexibility index (Phi) is 2.49. The number of aromatic nitrogens is 3. The summed E-state index contributed by atoms with van der Waals surface area (Å²) in [5.41, 5.74) is 1.14. The molecule has 3 nitrogen and oxygen atoms in total. The smallest absolute Gasteiger partial charge is 0.153 e. The van der Waals surface area contributed by atoms with E-state index in [0.717, 1.165) is 5.56 Å². The van der Waals surface area contributed by atoms with Crippen LogP contribution in [0.5, 0.6) is 0 Å². The second-order valence-corrected chi connectivity index (χ2v) is 3.71. The number of nitrogens with zero attached hydrogens (tertiary/aromatic N) is 3. The molecule has 0 atom stereocenters. The molecule has 0 aromatic carbocycles. The number of hydrogen-bond acceptors (Lipinski definition) is 2. The molecule has 0 aliphatic carbocycles. The highest BCUT2D eigenvalue weighted by molar-refractivity contribution is 5.23. The molecule has 0 saturated heterocycles. The third-order valence-electron chi connectivity index (χ3n) is 2.22. The molecule has 0 spiro atoms. The van der Waals surface area contributed by atoms with Crippen molar-refractivity contribution in [3.63, 3.8) is 0 Å². The average molecular weight is 205 g/mol. The van der Waals surface area contributed by atoms with Crippen LogP contribution in [0.4, 0.5) is 4.39 Å². The van der Waals surface area contributed by atoms with Crippen LogP contribution in [0.15, 0.2) is 30.7 Å². The lowest BCUT2D eigenvalue weighted by Crippen LogP contribution is -1.97. The van der Waals surface area contributed by atoms with Gasteiger partial charge < -0.3 is 0 Å². The lowest BCUT2D eigenvalue weighted by atomic mass is 10.1. The second-order valence-electron chi connectivity index (χ2n) is 3.71. The van der Waals surface area contributed by atoms with Crippen LogP contribution in [0.3, 0.4) is 0 Å². The Bertz CT molecular complexity index is 445. The van der Waals surface area contributed by atoms with Crippen molar-refractivity contribution in [2.24, 2.45) is 0 Å². The molecule has 78 valence electrons. The minimum absolute atomic E-state index is 0.338. The third-order valence-corrected chi connectivity index (χ3v) is 2.22. The highest BCUT2D eigenvalue weighted by Gasteiger charge is 2.04. The Morgan fingerprint density at radius 3 is 2.60 bits per heavy atom. The molecule has 2 rings (SSSR count). The van der Waals surface area contributed by atoms with Gasteiger partial charge in [0.1, 0.15) is 5.82 Å². The number of hydrogen-bond donors (Lipinski definition) is 0. The van der Waals surface area contributed by atoms with E-state index in [2.05, 4.69) is 23.9 Å². The SMILES string of the molecule is CC(C)c1cnn(-c2ccc(F)cn2)c1. The quantitative estimate of drug-likeness (QED) is 0.754. The highest BCUT2D eigenvalue weighted by Crippen LogP contribution is 2.14. The second kappa shape index (κ2) is 3.81. The molecule has 0 aliphatic rings. The van der Waals surface area contributed by atoms with Crippen molar-refractivity contribution >= 4 is 0 Å². The van der Waals surface area contributed by atoms with Gasteiger partial charge in [0, 0.05) is 6.20 Å². The van der Waals surface area contributed by atoms with E-state index in [-0.39, 0.29) is 5.82 Å². The van der Waals surface area contributed by atoms with Crippen molar-refractivity contribution in [2.75, 3.05) is 0 Å². The highest BCUT2D eigenvalue weighted by atomic mass is 19.1. The van der Waals surface area contributed by atoms with Gasteiger partial charge in [0.2, 0.25) is 0 Å². The first-order valence-electron chi connectivity index (χ1n) is 4.83. The van der Waals surface area contributed by atoms with Crippen molar-refractivity contribution in [2.45, 2.75) is 19.8 Å². The normalized spacial score (nSPS) is 10.9. The summed E-state index contributed by atoms with van der Waals surface area (Å²) < 4.78 is 14.3. The summed E-state index contributed by atoms with van der Waals surface area (Å²) in [5.74, 6) is 0.720. The van der Waals surface area contributed by atoms with Gasteiger partial charge in [-0.15, -0.1) is 0 Å². The lowest BCUT2D eigenvalue weighted by molar-refractivity contribution is 0.619. The number of pyridine rings is 1. The molecular formula is C11H12FN3. The van der Waals surface area contributed by atoms with E-state index >= 15 is 0 Å². The summed E-state index contributed by atoms with van der Waals surface area (Å²) in [4.78, 5) is 3.95. The van der Waals surface area contributed by atoms with Crippen LogP contribution in [0.2, 0.25) is 0 Å². The van der Waals surface area contributed by atoms with Gasteiger partial charge in [-0.05, 0) is 23.6 Å². The number of rotatable bonds is 2. The van der Waals surface area contributed by atoms with Gasteiger partial charge in [-0.25, -0.2) is 14.1 Å². The van der Waals surface area contributed by atoms with E-state index in [1.54, 1.807) is 16.9 Å². The summed E-state index contributed by atoms with van der Waals surface area (Å²) >= 11 is 0. The summed E-state index contributed by atoms with van der Waals surface area (Å²) in [6.45, 7) is 4.19. The fourth-order valence-electron chi connectivity index (χ4n) is 1.26. The largest absolute Gasteiger partial charge is 0.234 e. The molecule has 4 heteroatoms. The van der Waals surface area contributed by atoms with Gasteiger partial charge in [-0.2, -0.15) is 5.10 Å². The Morgan fingerprint density at radius 1 is 1.27 bits per heavy atom. The first-order valence-corrected chi connectivity index (χ1v) is 4.83. The summed E-state index contributed by atoms with van der Waals surface area (Å²) in [5, 5.41) is 4.17. The van der Waals surface area contributed by atoms with Crippen molar-refractivity contribution in [1.82, 2.24) is 14.8 Å². The van der Waals surface area contributed by atoms with Gasteiger partial charge in [0.05, 0.1) is 12.4 Å². The fraction of sp³-hybridized carbons (Fsp3) is 0.273. The molecule has 0 N–H and O–H groups in total. The van der Waals surface area contributed by atoms with Crippen molar-refractivity contribution in [3.05, 3.63) is 42.1 Å². The van der Waals surface area contributed by atoms with Crippen LogP contribution < -0.4 is 0 Å². The Hall–Kier alpha value is -1.71. The van der Waals surface area contributed by atoms with Gasteiger partial charge >= 0.3 is 0 Å². The molecule has 0 saturated carbocycles. The van der Waals surface area contributed by atoms with Gasteiger partial charge in [-0.1, -0.05) is 13.8 Å². The molecule has 2 aromatic rings. The molecule has 2 heterocycles. The molecule has 15 heavy (non-hydrogen) atoms. The molecule has 2 aromatic heterocycles. The summed E-state index contributed by atoms with van der Waals surface area (Å²) in [6.07, 6.45) is 4.90. The molecule has 0 radical (unpaired) electrons. The monoisotopic (exact) mass is 205 g/mol. The van der Waals surface area contributed by atoms with Crippen LogP contribution in [-0.4, -0.2) is 14.8 Å². The minimum Gasteiger partial charge on any atom is -0.234 e. The van der Waals surface area contributed by atoms with Crippen LogP contribution in [0.25, 0.3) is 5.82 Å². The van der Waals surface area contributed by atoms with Gasteiger partial charge in [-0.3, -0.25) is 0 Å². The molecule has 0 fully saturated rings. The van der Waals surface area contributed by atoms with Crippen LogP contribution in [0, 0.1) is 5.82 Å². The van der Waals surface area contributed by atoms with Crippen molar-refractivity contribution < 1.29 is 4.39 Å². The van der Waals surface area contributed by atoms with E-state index in [4.69, 9.17) is 0 Å². The van der Waals surface area contributed by atoms with Crippen molar-refractivity contribution in [1.29, 1.82) is 0 Å². The third kappa shape index (κ3) is 2.03. The van der Waals surface area contributed by atoms with Crippen LogP contribution in [0.1, 0.15) is 25.3 Å². The summed E-state index contributed by atoms with van der Waals surface area (Å²) in [6, 6.07) is 2.98. The van der Waals surface area contributed by atoms with Crippen LogP contribution in [-0.2, 0) is 0 Å². The Labute approximate surface area is 87.6 Å². The van der Waals surface area contributed by atoms with E-state index in [1.165, 1.54) is 12.3 Å². The molecule has 0 amide bonds. The molecular weight excluding hydrogens is 193 g/mol. The van der Waals surface area contributed by atoms with E-state index in [0.29, 0.717) is 11.7 Å². The number of halogens is 1. The Balaban J connectivity index is 2.33. The van der Waals surface area contributed by atoms with Crippen molar-refractivity contribution in [3.8, 4) is 5.82 Å². The molecule has 0 aliphatic heterocycles. The fourth-order valence-corrected chi connectivity index (χ4v) is 1.26. The average Bonchev–Trinajstić information content (AvgIpc) is 2.68. The van der Waals surface area contributed by atoms with Gasteiger partial charge in [0.25, 0.3) is 0 Å². The van der Waals surface area contributed by atoms with Gasteiger partial charge in [0.15, 0.2) is 5.82 Å². The molecule has 0 unspecified atom stereocenters. The summed E-state index contributed by atoms with van der Waals surface area (Å²) in [7, 11) is 0. The topological polar surface area (TPSA) is 30.7 Å². The van der Waals surface area contributed by atoms with Crippen LogP contribution >= 0.6 is 0 Å². The first kappa shape index (κ1) is 9.83.